The molecule has 0 radical (unpaired) electrons. The topological polar surface area (TPSA) is 96.4 Å². The van der Waals surface area contributed by atoms with E-state index in [0.29, 0.717) is 0 Å². The minimum Gasteiger partial charge on any atom is -0.399 e. The van der Waals surface area contributed by atoms with Crippen LogP contribution in [0.1, 0.15) is 6.42 Å². The van der Waals surface area contributed by atoms with E-state index >= 15 is 0 Å². The summed E-state index contributed by atoms with van der Waals surface area (Å²) in [4.78, 5) is -1.08. The van der Waals surface area contributed by atoms with Crippen LogP contribution in [-0.4, -0.2) is 39.5 Å². The maximum absolute atomic E-state index is 13.8. The molecule has 0 bridgehead atoms. The lowest BCUT2D eigenvalue weighted by Crippen LogP contribution is -2.35. The van der Waals surface area contributed by atoms with Gasteiger partial charge in [-0.2, -0.15) is 9.57 Å². The molecular weight excluding hydrogens is 304 g/mol. The van der Waals surface area contributed by atoms with Crippen LogP contribution in [0, 0.1) is 23.0 Å². The minimum absolute atomic E-state index is 0.0306. The Hall–Kier alpha value is -1.76. The summed E-state index contributed by atoms with van der Waals surface area (Å²) in [6.07, 6.45) is -0.110. The molecule has 0 amide bonds. The van der Waals surface area contributed by atoms with Gasteiger partial charge in [-0.05, 0) is 12.1 Å². The van der Waals surface area contributed by atoms with Crippen molar-refractivity contribution in [3.63, 3.8) is 0 Å². The first kappa shape index (κ1) is 17.3. The number of nitrogens with zero attached hydrogens (tertiary/aromatic N) is 2. The second-order valence-electron chi connectivity index (χ2n) is 4.12. The fraction of sp³-hybridized carbons (Fsp3) is 0.417. The van der Waals surface area contributed by atoms with Crippen molar-refractivity contribution in [3.05, 3.63) is 23.8 Å². The lowest BCUT2D eigenvalue weighted by Gasteiger charge is -2.21. The molecule has 0 unspecified atom stereocenters. The first-order valence-electron chi connectivity index (χ1n) is 5.95. The number of anilines is 1. The molecule has 9 heteroatoms. The van der Waals surface area contributed by atoms with Crippen molar-refractivity contribution in [1.82, 2.24) is 4.31 Å². The minimum atomic E-state index is -4.43. The first-order valence-corrected chi connectivity index (χ1v) is 7.39. The number of hydrogen-bond acceptors (Lipinski definition) is 5. The third kappa shape index (κ3) is 4.10. The number of nitriles is 1. The molecule has 0 aliphatic rings. The second-order valence-corrected chi connectivity index (χ2v) is 5.99. The molecule has 0 fully saturated rings. The van der Waals surface area contributed by atoms with Gasteiger partial charge in [0, 0.05) is 32.3 Å². The van der Waals surface area contributed by atoms with Gasteiger partial charge >= 0.3 is 0 Å². The molecule has 6 nitrogen and oxygen atoms in total. The van der Waals surface area contributed by atoms with Crippen LogP contribution in [0.5, 0.6) is 0 Å². The largest absolute Gasteiger partial charge is 0.399 e. The third-order valence-corrected chi connectivity index (χ3v) is 4.59. The van der Waals surface area contributed by atoms with Crippen LogP contribution in [0.3, 0.4) is 0 Å². The summed E-state index contributed by atoms with van der Waals surface area (Å²) in [6, 6.07) is 3.24. The number of nitrogens with two attached hydrogens (primary N) is 1. The molecule has 0 aliphatic heterocycles. The molecule has 0 saturated heterocycles. The molecule has 0 heterocycles. The Kier molecular flexibility index (Phi) is 6.02. The van der Waals surface area contributed by atoms with Crippen LogP contribution in [0.25, 0.3) is 0 Å². The van der Waals surface area contributed by atoms with E-state index in [1.54, 1.807) is 6.07 Å². The molecule has 2 N–H and O–H groups in total. The highest BCUT2D eigenvalue weighted by Crippen LogP contribution is 2.25. The fourth-order valence-electron chi connectivity index (χ4n) is 1.67. The standard InChI is InChI=1S/C12H15F2N3O3S/c1-20-6-5-17(4-2-3-15)21(18,19)12-10(13)7-9(16)8-11(12)14/h7-8H,2,4-6,16H2,1H3. The molecule has 116 valence electrons. The molecule has 0 aliphatic carbocycles. The fourth-order valence-corrected chi connectivity index (χ4v) is 3.19. The van der Waals surface area contributed by atoms with Gasteiger partial charge in [-0.25, -0.2) is 17.2 Å². The zero-order valence-electron chi connectivity index (χ0n) is 11.3. The van der Waals surface area contributed by atoms with Crippen molar-refractivity contribution < 1.29 is 21.9 Å². The maximum Gasteiger partial charge on any atom is 0.249 e. The molecule has 1 aromatic carbocycles. The highest BCUT2D eigenvalue weighted by atomic mass is 32.2. The number of hydrogen-bond donors (Lipinski definition) is 1. The zero-order chi connectivity index (χ0) is 16.0. The summed E-state index contributed by atoms with van der Waals surface area (Å²) in [6.45, 7) is -0.280. The van der Waals surface area contributed by atoms with Gasteiger partial charge in [0.15, 0.2) is 4.90 Å². The van der Waals surface area contributed by atoms with Crippen LogP contribution < -0.4 is 5.73 Å². The maximum atomic E-state index is 13.8. The molecule has 0 aromatic heterocycles. The third-order valence-electron chi connectivity index (χ3n) is 2.64. The van der Waals surface area contributed by atoms with Gasteiger partial charge in [-0.15, -0.1) is 0 Å². The van der Waals surface area contributed by atoms with Crippen molar-refractivity contribution in [3.8, 4) is 6.07 Å². The molecule has 1 aromatic rings. The molecule has 0 spiro atoms. The average Bonchev–Trinajstić information content (AvgIpc) is 2.36. The smallest absolute Gasteiger partial charge is 0.249 e. The Balaban J connectivity index is 3.25. The van der Waals surface area contributed by atoms with Gasteiger partial charge in [0.25, 0.3) is 0 Å². The number of nitrogen functional groups attached to an aromatic ring is 1. The summed E-state index contributed by atoms with van der Waals surface area (Å²) in [5, 5.41) is 8.56. The van der Waals surface area contributed by atoms with Crippen LogP contribution in [0.2, 0.25) is 0 Å². The van der Waals surface area contributed by atoms with E-state index in [2.05, 4.69) is 0 Å². The van der Waals surface area contributed by atoms with Crippen molar-refractivity contribution >= 4 is 15.7 Å². The van der Waals surface area contributed by atoms with Crippen LogP contribution in [-0.2, 0) is 14.8 Å². The van der Waals surface area contributed by atoms with E-state index in [-0.39, 0.29) is 31.8 Å². The monoisotopic (exact) mass is 319 g/mol. The molecule has 1 rings (SSSR count). The number of rotatable bonds is 7. The van der Waals surface area contributed by atoms with Crippen molar-refractivity contribution in [1.29, 1.82) is 5.26 Å². The SMILES string of the molecule is COCCN(CCC#N)S(=O)(=O)c1c(F)cc(N)cc1F. The van der Waals surface area contributed by atoms with E-state index in [4.69, 9.17) is 15.7 Å². The van der Waals surface area contributed by atoms with Crippen LogP contribution >= 0.6 is 0 Å². The molecular formula is C12H15F2N3O3S. The number of benzene rings is 1. The van der Waals surface area contributed by atoms with Gasteiger partial charge in [-0.1, -0.05) is 0 Å². The quantitative estimate of drug-likeness (QED) is 0.759. The van der Waals surface area contributed by atoms with Crippen molar-refractivity contribution in [2.24, 2.45) is 0 Å². The lowest BCUT2D eigenvalue weighted by atomic mass is 10.3. The van der Waals surface area contributed by atoms with Crippen LogP contribution in [0.15, 0.2) is 17.0 Å². The van der Waals surface area contributed by atoms with Gasteiger partial charge in [-0.3, -0.25) is 0 Å². The second kappa shape index (κ2) is 7.31. The predicted molar refractivity (Wildman–Crippen MR) is 71.6 cm³/mol. The van der Waals surface area contributed by atoms with E-state index in [0.717, 1.165) is 16.4 Å². The Morgan fingerprint density at radius 1 is 1.33 bits per heavy atom. The number of ether oxygens (including phenoxy) is 1. The van der Waals surface area contributed by atoms with Crippen molar-refractivity contribution in [2.45, 2.75) is 11.3 Å². The zero-order valence-corrected chi connectivity index (χ0v) is 12.2. The lowest BCUT2D eigenvalue weighted by molar-refractivity contribution is 0.179. The first-order chi connectivity index (χ1) is 9.84. The van der Waals surface area contributed by atoms with Gasteiger partial charge in [0.2, 0.25) is 10.0 Å². The Morgan fingerprint density at radius 2 is 1.90 bits per heavy atom. The van der Waals surface area contributed by atoms with Gasteiger partial charge in [0.05, 0.1) is 12.7 Å². The van der Waals surface area contributed by atoms with E-state index < -0.39 is 26.6 Å². The highest BCUT2D eigenvalue weighted by Gasteiger charge is 2.30. The Labute approximate surface area is 121 Å². The predicted octanol–water partition coefficient (Wildman–Crippen LogP) is 1.10. The summed E-state index contributed by atoms with van der Waals surface area (Å²) < 4.78 is 57.8. The average molecular weight is 319 g/mol. The molecule has 0 atom stereocenters. The van der Waals surface area contributed by atoms with Crippen molar-refractivity contribution in [2.75, 3.05) is 32.5 Å². The number of halogens is 2. The summed E-state index contributed by atoms with van der Waals surface area (Å²) in [7, 11) is -3.07. The summed E-state index contributed by atoms with van der Waals surface area (Å²) >= 11 is 0. The van der Waals surface area contributed by atoms with E-state index in [9.17, 15) is 17.2 Å². The van der Waals surface area contributed by atoms with Crippen LogP contribution in [0.4, 0.5) is 14.5 Å². The van der Waals surface area contributed by atoms with E-state index in [1.165, 1.54) is 7.11 Å². The highest BCUT2D eigenvalue weighted by molar-refractivity contribution is 7.89. The molecule has 0 saturated carbocycles. The normalized spacial score (nSPS) is 11.6. The molecule has 21 heavy (non-hydrogen) atoms. The number of sulfonamides is 1. The Morgan fingerprint density at radius 3 is 2.38 bits per heavy atom. The number of methoxy groups -OCH3 is 1. The van der Waals surface area contributed by atoms with E-state index in [1.807, 2.05) is 0 Å². The summed E-state index contributed by atoms with van der Waals surface area (Å²) in [5.41, 5.74) is 5.04. The summed E-state index contributed by atoms with van der Waals surface area (Å²) in [5.74, 6) is -2.54. The Bertz CT molecular complexity index is 621. The van der Waals surface area contributed by atoms with Gasteiger partial charge < -0.3 is 10.5 Å². The van der Waals surface area contributed by atoms with Gasteiger partial charge in [0.1, 0.15) is 11.6 Å².